The van der Waals surface area contributed by atoms with Crippen molar-refractivity contribution >= 4 is 32.5 Å². The fraction of sp³-hybridized carbons (Fsp3) is 0.286. The summed E-state index contributed by atoms with van der Waals surface area (Å²) in [6.45, 7) is 3.99. The molecule has 0 saturated carbocycles. The number of nitrogens with zero attached hydrogens (tertiary/aromatic N) is 1. The molecule has 0 aliphatic heterocycles. The quantitative estimate of drug-likeness (QED) is 0.640. The van der Waals surface area contributed by atoms with Crippen molar-refractivity contribution in [3.8, 4) is 0 Å². The Morgan fingerprint density at radius 1 is 1.11 bits per heavy atom. The summed E-state index contributed by atoms with van der Waals surface area (Å²) >= 11 is 0. The predicted molar refractivity (Wildman–Crippen MR) is 113 cm³/mol. The molecule has 2 N–H and O–H groups in total. The van der Waals surface area contributed by atoms with Gasteiger partial charge in [0.1, 0.15) is 0 Å². The molecule has 7 heteroatoms. The lowest BCUT2D eigenvalue weighted by Crippen LogP contribution is -2.38. The molecule has 0 spiro atoms. The van der Waals surface area contributed by atoms with Crippen LogP contribution in [0.15, 0.2) is 48.7 Å². The zero-order chi connectivity index (χ0) is 20.3. The van der Waals surface area contributed by atoms with Crippen molar-refractivity contribution in [1.82, 2.24) is 9.29 Å². The molecule has 6 nitrogen and oxygen atoms in total. The number of rotatable bonds is 7. The van der Waals surface area contributed by atoms with Crippen LogP contribution in [0.1, 0.15) is 16.7 Å². The maximum atomic E-state index is 12.4. The SMILES string of the molecule is Cc1ccc(NC(=O)CN(CCc2c[nH]c3ccccc23)S(C)(=O)=O)cc1C. The first kappa shape index (κ1) is 20.1. The molecule has 0 bridgehead atoms. The van der Waals surface area contributed by atoms with E-state index in [1.165, 1.54) is 4.31 Å². The second-order valence-corrected chi connectivity index (χ2v) is 9.04. The molecule has 0 fully saturated rings. The van der Waals surface area contributed by atoms with Crippen LogP contribution in [-0.4, -0.2) is 43.0 Å². The lowest BCUT2D eigenvalue weighted by Gasteiger charge is -2.19. The summed E-state index contributed by atoms with van der Waals surface area (Å²) in [4.78, 5) is 15.6. The maximum Gasteiger partial charge on any atom is 0.239 e. The minimum atomic E-state index is -3.51. The molecular weight excluding hydrogens is 374 g/mol. The molecule has 1 aromatic heterocycles. The number of anilines is 1. The van der Waals surface area contributed by atoms with Crippen LogP contribution >= 0.6 is 0 Å². The van der Waals surface area contributed by atoms with E-state index in [9.17, 15) is 13.2 Å². The van der Waals surface area contributed by atoms with Crippen LogP contribution in [0, 0.1) is 13.8 Å². The van der Waals surface area contributed by atoms with Gasteiger partial charge in [0.25, 0.3) is 0 Å². The van der Waals surface area contributed by atoms with Gasteiger partial charge in [-0.3, -0.25) is 4.79 Å². The van der Waals surface area contributed by atoms with Gasteiger partial charge in [0.15, 0.2) is 0 Å². The fourth-order valence-corrected chi connectivity index (χ4v) is 3.90. The van der Waals surface area contributed by atoms with Crippen molar-refractivity contribution < 1.29 is 13.2 Å². The normalized spacial score (nSPS) is 11.9. The first-order valence-corrected chi connectivity index (χ1v) is 11.0. The van der Waals surface area contributed by atoms with Crippen LogP contribution in [0.25, 0.3) is 10.9 Å². The smallest absolute Gasteiger partial charge is 0.239 e. The van der Waals surface area contributed by atoms with Crippen molar-refractivity contribution in [2.24, 2.45) is 0 Å². The lowest BCUT2D eigenvalue weighted by molar-refractivity contribution is -0.116. The first-order valence-electron chi connectivity index (χ1n) is 9.11. The number of carbonyl (C=O) groups excluding carboxylic acids is 1. The van der Waals surface area contributed by atoms with Gasteiger partial charge in [-0.15, -0.1) is 0 Å². The molecule has 3 aromatic rings. The Bertz CT molecular complexity index is 1100. The Labute approximate surface area is 165 Å². The Hall–Kier alpha value is -2.64. The number of nitrogens with one attached hydrogen (secondary N) is 2. The van der Waals surface area contributed by atoms with Gasteiger partial charge in [-0.1, -0.05) is 24.3 Å². The molecule has 0 aliphatic rings. The summed E-state index contributed by atoms with van der Waals surface area (Å²) in [6.07, 6.45) is 3.54. The molecule has 3 rings (SSSR count). The highest BCUT2D eigenvalue weighted by Gasteiger charge is 2.20. The molecule has 0 aliphatic carbocycles. The third kappa shape index (κ3) is 4.79. The zero-order valence-corrected chi connectivity index (χ0v) is 17.1. The monoisotopic (exact) mass is 399 g/mol. The third-order valence-corrected chi connectivity index (χ3v) is 6.13. The Kier molecular flexibility index (Phi) is 5.86. The van der Waals surface area contributed by atoms with Crippen LogP contribution in [0.5, 0.6) is 0 Å². The molecule has 0 radical (unpaired) electrons. The zero-order valence-electron chi connectivity index (χ0n) is 16.3. The largest absolute Gasteiger partial charge is 0.361 e. The standard InChI is InChI=1S/C21H25N3O3S/c1-15-8-9-18(12-16(15)2)23-21(25)14-24(28(3,26)27)11-10-17-13-22-20-7-5-4-6-19(17)20/h4-9,12-13,22H,10-11,14H2,1-3H3,(H,23,25). The van der Waals surface area contributed by atoms with Crippen LogP contribution in [-0.2, 0) is 21.2 Å². The average Bonchev–Trinajstić information content (AvgIpc) is 3.04. The first-order chi connectivity index (χ1) is 13.2. The van der Waals surface area contributed by atoms with Crippen molar-refractivity contribution in [3.05, 3.63) is 65.4 Å². The molecule has 0 atom stereocenters. The number of carbonyl (C=O) groups is 1. The van der Waals surface area contributed by atoms with E-state index in [2.05, 4.69) is 10.3 Å². The summed E-state index contributed by atoms with van der Waals surface area (Å²) in [5.74, 6) is -0.354. The number of fused-ring (bicyclic) bond motifs is 1. The number of aromatic nitrogens is 1. The van der Waals surface area contributed by atoms with Gasteiger partial charge in [0, 0.05) is 29.3 Å². The number of hydrogen-bond donors (Lipinski definition) is 2. The lowest BCUT2D eigenvalue weighted by atomic mass is 10.1. The van der Waals surface area contributed by atoms with Gasteiger partial charge in [-0.25, -0.2) is 8.42 Å². The summed E-state index contributed by atoms with van der Waals surface area (Å²) in [5.41, 5.74) is 4.90. The predicted octanol–water partition coefficient (Wildman–Crippen LogP) is 3.23. The topological polar surface area (TPSA) is 82.3 Å². The number of aromatic amines is 1. The molecule has 148 valence electrons. The number of amides is 1. The van der Waals surface area contributed by atoms with Crippen molar-refractivity contribution in [2.75, 3.05) is 24.7 Å². The second-order valence-electron chi connectivity index (χ2n) is 7.05. The summed E-state index contributed by atoms with van der Waals surface area (Å²) < 4.78 is 25.6. The van der Waals surface area contributed by atoms with Gasteiger partial charge in [0.2, 0.25) is 15.9 Å². The minimum Gasteiger partial charge on any atom is -0.361 e. The van der Waals surface area contributed by atoms with E-state index in [-0.39, 0.29) is 19.0 Å². The minimum absolute atomic E-state index is 0.214. The summed E-state index contributed by atoms with van der Waals surface area (Å²) in [6, 6.07) is 13.5. The van der Waals surface area contributed by atoms with Crippen LogP contribution in [0.3, 0.4) is 0 Å². The number of aryl methyl sites for hydroxylation is 2. The molecule has 1 heterocycles. The summed E-state index contributed by atoms with van der Waals surface area (Å²) in [7, 11) is -3.51. The number of hydrogen-bond acceptors (Lipinski definition) is 3. The molecule has 28 heavy (non-hydrogen) atoms. The molecule has 0 unspecified atom stereocenters. The molecular formula is C21H25N3O3S. The third-order valence-electron chi connectivity index (χ3n) is 4.89. The van der Waals surface area contributed by atoms with Gasteiger partial charge in [0.05, 0.1) is 12.8 Å². The highest BCUT2D eigenvalue weighted by atomic mass is 32.2. The van der Waals surface area contributed by atoms with Gasteiger partial charge >= 0.3 is 0 Å². The summed E-state index contributed by atoms with van der Waals surface area (Å²) in [5, 5.41) is 3.85. The Morgan fingerprint density at radius 3 is 2.57 bits per heavy atom. The van der Waals surface area contributed by atoms with Crippen molar-refractivity contribution in [2.45, 2.75) is 20.3 Å². The van der Waals surface area contributed by atoms with Gasteiger partial charge in [-0.2, -0.15) is 4.31 Å². The second kappa shape index (κ2) is 8.16. The maximum absolute atomic E-state index is 12.4. The highest BCUT2D eigenvalue weighted by molar-refractivity contribution is 7.88. The fourth-order valence-electron chi connectivity index (χ4n) is 3.13. The van der Waals surface area contributed by atoms with Crippen LogP contribution in [0.4, 0.5) is 5.69 Å². The molecule has 1 amide bonds. The molecule has 2 aromatic carbocycles. The number of para-hydroxylation sites is 1. The van der Waals surface area contributed by atoms with E-state index in [4.69, 9.17) is 0 Å². The number of sulfonamides is 1. The van der Waals surface area contributed by atoms with Crippen molar-refractivity contribution in [1.29, 1.82) is 0 Å². The highest BCUT2D eigenvalue weighted by Crippen LogP contribution is 2.19. The van der Waals surface area contributed by atoms with E-state index < -0.39 is 10.0 Å². The Morgan fingerprint density at radius 2 is 1.86 bits per heavy atom. The van der Waals surface area contributed by atoms with E-state index in [0.717, 1.165) is 33.8 Å². The number of benzene rings is 2. The van der Waals surface area contributed by atoms with Gasteiger partial charge < -0.3 is 10.3 Å². The van der Waals surface area contributed by atoms with E-state index >= 15 is 0 Å². The van der Waals surface area contributed by atoms with E-state index in [1.54, 1.807) is 0 Å². The van der Waals surface area contributed by atoms with Gasteiger partial charge in [-0.05, 0) is 55.2 Å². The molecule has 0 saturated heterocycles. The Balaban J connectivity index is 1.68. The van der Waals surface area contributed by atoms with E-state index in [0.29, 0.717) is 12.1 Å². The van der Waals surface area contributed by atoms with Crippen molar-refractivity contribution in [3.63, 3.8) is 0 Å². The number of H-pyrrole nitrogens is 1. The van der Waals surface area contributed by atoms with E-state index in [1.807, 2.05) is 62.5 Å². The van der Waals surface area contributed by atoms with Crippen LogP contribution in [0.2, 0.25) is 0 Å². The van der Waals surface area contributed by atoms with Crippen LogP contribution < -0.4 is 5.32 Å². The average molecular weight is 400 g/mol.